The molecular weight excluding hydrogens is 742 g/mol. The Morgan fingerprint density at radius 3 is 2.33 bits per heavy atom. The molecule has 2 heterocycles. The van der Waals surface area contributed by atoms with Crippen molar-refractivity contribution in [3.05, 3.63) is 62.6 Å². The van der Waals surface area contributed by atoms with Crippen LogP contribution in [0.5, 0.6) is 5.75 Å². The fourth-order valence-electron chi connectivity index (χ4n) is 4.93. The van der Waals surface area contributed by atoms with Gasteiger partial charge in [0.25, 0.3) is 0 Å². The number of hydrogen-bond donors (Lipinski definition) is 3. The van der Waals surface area contributed by atoms with Gasteiger partial charge in [0.2, 0.25) is 12.3 Å². The highest BCUT2D eigenvalue weighted by Gasteiger charge is 2.38. The van der Waals surface area contributed by atoms with Gasteiger partial charge in [-0.3, -0.25) is 9.59 Å². The summed E-state index contributed by atoms with van der Waals surface area (Å²) in [6, 6.07) is 2.88. The summed E-state index contributed by atoms with van der Waals surface area (Å²) in [5, 5.41) is 11.8. The molecule has 0 bridgehead atoms. The number of hydrogen-bond acceptors (Lipinski definition) is 9. The number of aryl methyl sites for hydroxylation is 1. The Morgan fingerprint density at radius 2 is 1.78 bits per heavy atom. The van der Waals surface area contributed by atoms with Gasteiger partial charge >= 0.3 is 6.03 Å². The Hall–Kier alpha value is -4.67. The molecule has 1 aromatic heterocycles. The van der Waals surface area contributed by atoms with Gasteiger partial charge in [-0.15, -0.1) is 24.2 Å². The van der Waals surface area contributed by atoms with Gasteiger partial charge in [-0.05, 0) is 87.5 Å². The number of urea groups is 1. The molecule has 4 amide bonds. The molecular formula is C41H60ClN5O7S. The van der Waals surface area contributed by atoms with Crippen LogP contribution in [0.1, 0.15) is 80.6 Å². The first-order valence-corrected chi connectivity index (χ1v) is 19.2. The van der Waals surface area contributed by atoms with Crippen LogP contribution in [0.3, 0.4) is 0 Å². The lowest BCUT2D eigenvalue weighted by atomic mass is 10.1. The number of nitrogens with one attached hydrogen (secondary N) is 3. The lowest BCUT2D eigenvalue weighted by molar-refractivity contribution is -0.123. The van der Waals surface area contributed by atoms with E-state index in [0.717, 1.165) is 52.9 Å². The standard InChI is InChI=1S/C30H39ClN4O4S.C5H10.C2H5NO.C2H2.2CH2O/c1-19-18-40-27(32-19)13-12-25(22-10-11-26(38-4)28(31)20(22)2)39-16-14-23-29(36)33-24-17-21(24)9-7-5-6-8-15-35(3)30(37)34-23;1-5(2)3-4-5;1-3-2-4;3*1-2/h7,9-12,18,21,23-24H,5-6,8,13-17H2,1-4H3,(H,33,36)(H,34,37);3-4H2,1-2H3;2H,1H3,(H,3,4);1-2H;2*1H2/b9-7-,25-12+;;;;;/t21-,23?,24?;;;;;/m1...../s1. The van der Waals surface area contributed by atoms with Crippen molar-refractivity contribution < 1.29 is 33.4 Å². The molecule has 2 fully saturated rings. The number of allylic oxidation sites excluding steroid dienone is 2. The second-order valence-electron chi connectivity index (χ2n) is 13.5. The van der Waals surface area contributed by atoms with Crippen molar-refractivity contribution in [3.63, 3.8) is 0 Å². The minimum Gasteiger partial charge on any atom is -0.495 e. The molecule has 1 aliphatic heterocycles. The maximum atomic E-state index is 13.2. The lowest BCUT2D eigenvalue weighted by Crippen LogP contribution is -2.51. The third kappa shape index (κ3) is 19.5. The van der Waals surface area contributed by atoms with E-state index in [2.05, 4.69) is 59.8 Å². The van der Waals surface area contributed by atoms with Crippen molar-refractivity contribution in [1.29, 1.82) is 0 Å². The van der Waals surface area contributed by atoms with Crippen LogP contribution in [0.15, 0.2) is 35.7 Å². The Balaban J connectivity index is 0.00000166. The highest BCUT2D eigenvalue weighted by Crippen LogP contribution is 2.43. The number of rotatable bonds is 9. The first-order valence-electron chi connectivity index (χ1n) is 18.0. The Labute approximate surface area is 336 Å². The van der Waals surface area contributed by atoms with Crippen LogP contribution in [0.25, 0.3) is 5.76 Å². The van der Waals surface area contributed by atoms with E-state index >= 15 is 0 Å². The van der Waals surface area contributed by atoms with Crippen LogP contribution < -0.4 is 20.7 Å². The Morgan fingerprint density at radius 1 is 1.15 bits per heavy atom. The van der Waals surface area contributed by atoms with Gasteiger partial charge < -0.3 is 39.9 Å². The zero-order valence-corrected chi connectivity index (χ0v) is 35.0. The van der Waals surface area contributed by atoms with E-state index < -0.39 is 6.04 Å². The molecule has 3 atom stereocenters. The quantitative estimate of drug-likeness (QED) is 0.109. The number of nitrogens with zero attached hydrogens (tertiary/aromatic N) is 2. The van der Waals surface area contributed by atoms with Gasteiger partial charge in [0, 0.05) is 56.2 Å². The third-order valence-electron chi connectivity index (χ3n) is 8.62. The summed E-state index contributed by atoms with van der Waals surface area (Å²) in [4.78, 5) is 57.4. The molecule has 2 unspecified atom stereocenters. The zero-order chi connectivity index (χ0) is 42.0. The smallest absolute Gasteiger partial charge is 0.317 e. The lowest BCUT2D eigenvalue weighted by Gasteiger charge is -2.24. The van der Waals surface area contributed by atoms with E-state index in [9.17, 15) is 9.59 Å². The molecule has 2 aromatic rings. The van der Waals surface area contributed by atoms with Crippen molar-refractivity contribution in [2.24, 2.45) is 11.3 Å². The van der Waals surface area contributed by atoms with Crippen LogP contribution in [0.2, 0.25) is 5.02 Å². The number of methoxy groups -OCH3 is 1. The average Bonchev–Trinajstić information content (AvgIpc) is 4.07. The summed E-state index contributed by atoms with van der Waals surface area (Å²) >= 11 is 8.16. The SMILES string of the molecule is C#C.C=O.C=O.CC1(C)CC1.CNC=O.COc1ccc(/C(=C\Cc2nc(C)cs2)OCCC2NC(=O)N(C)CCCC/C=C\[C@@H]3CC3NC2=O)c(C)c1Cl. The van der Waals surface area contributed by atoms with Crippen molar-refractivity contribution >= 4 is 60.6 Å². The largest absolute Gasteiger partial charge is 0.495 e. The fraction of sp³-hybridized carbons (Fsp3) is 0.512. The minimum atomic E-state index is -0.716. The maximum Gasteiger partial charge on any atom is 0.317 e. The van der Waals surface area contributed by atoms with E-state index in [1.165, 1.54) is 12.8 Å². The number of terminal acetylenes is 1. The summed E-state index contributed by atoms with van der Waals surface area (Å²) in [6.07, 6.45) is 22.7. The number of fused-ring (bicyclic) bond motifs is 1. The molecule has 12 nitrogen and oxygen atoms in total. The molecule has 2 aliphatic carbocycles. The summed E-state index contributed by atoms with van der Waals surface area (Å²) in [5.41, 5.74) is 3.40. The van der Waals surface area contributed by atoms with Crippen LogP contribution in [0.4, 0.5) is 4.79 Å². The molecule has 3 aliphatic rings. The Kier molecular flexibility index (Phi) is 25.5. The van der Waals surface area contributed by atoms with Crippen molar-refractivity contribution in [1.82, 2.24) is 25.8 Å². The van der Waals surface area contributed by atoms with Gasteiger partial charge in [-0.1, -0.05) is 37.6 Å². The zero-order valence-electron chi connectivity index (χ0n) is 33.5. The number of aromatic nitrogens is 1. The first-order chi connectivity index (χ1) is 26.4. The van der Waals surface area contributed by atoms with Crippen molar-refractivity contribution in [2.45, 2.75) is 91.1 Å². The molecule has 0 saturated heterocycles. The summed E-state index contributed by atoms with van der Waals surface area (Å²) < 4.78 is 11.7. The second-order valence-corrected chi connectivity index (χ2v) is 14.8. The van der Waals surface area contributed by atoms with Gasteiger partial charge in [-0.2, -0.15) is 0 Å². The monoisotopic (exact) mass is 801 g/mol. The second kappa shape index (κ2) is 27.8. The number of benzene rings is 1. The highest BCUT2D eigenvalue weighted by molar-refractivity contribution is 7.09. The fourth-order valence-corrected chi connectivity index (χ4v) is 5.91. The van der Waals surface area contributed by atoms with Gasteiger partial charge in [0.15, 0.2) is 0 Å². The summed E-state index contributed by atoms with van der Waals surface area (Å²) in [5.74, 6) is 1.42. The van der Waals surface area contributed by atoms with E-state index in [-0.39, 0.29) is 24.6 Å². The number of thiazole rings is 1. The van der Waals surface area contributed by atoms with Crippen LogP contribution in [-0.2, 0) is 30.3 Å². The number of carbonyl (C=O) groups excluding carboxylic acids is 5. The third-order valence-corrected chi connectivity index (χ3v) is 10.1. The van der Waals surface area contributed by atoms with E-state index in [0.29, 0.717) is 48.2 Å². The number of amides is 4. The van der Waals surface area contributed by atoms with Crippen LogP contribution in [-0.4, -0.2) is 88.3 Å². The molecule has 1 aromatic carbocycles. The molecule has 55 heavy (non-hydrogen) atoms. The topological polar surface area (TPSA) is 156 Å². The van der Waals surface area contributed by atoms with Crippen LogP contribution in [0, 0.1) is 38.0 Å². The van der Waals surface area contributed by atoms with E-state index in [1.807, 2.05) is 51.0 Å². The molecule has 14 heteroatoms. The normalized spacial score (nSPS) is 20.0. The predicted octanol–water partition coefficient (Wildman–Crippen LogP) is 6.72. The minimum absolute atomic E-state index is 0.117. The molecule has 3 N–H and O–H groups in total. The average molecular weight is 802 g/mol. The first kappa shape index (κ1) is 50.3. The number of carbonyl (C=O) groups is 5. The highest BCUT2D eigenvalue weighted by atomic mass is 35.5. The summed E-state index contributed by atoms with van der Waals surface area (Å²) in [7, 11) is 4.91. The molecule has 304 valence electrons. The Bertz CT molecular complexity index is 1540. The van der Waals surface area contributed by atoms with Crippen molar-refractivity contribution in [3.8, 4) is 18.6 Å². The number of ether oxygens (including phenoxy) is 2. The van der Waals surface area contributed by atoms with Gasteiger partial charge in [0.1, 0.15) is 31.1 Å². The number of halogens is 1. The van der Waals surface area contributed by atoms with E-state index in [1.54, 1.807) is 37.4 Å². The molecule has 2 saturated carbocycles. The predicted molar refractivity (Wildman–Crippen MR) is 222 cm³/mol. The van der Waals surface area contributed by atoms with Gasteiger partial charge in [-0.25, -0.2) is 9.78 Å². The molecule has 0 radical (unpaired) electrons. The van der Waals surface area contributed by atoms with Crippen molar-refractivity contribution in [2.75, 3.05) is 34.4 Å². The van der Waals surface area contributed by atoms with Gasteiger partial charge in [0.05, 0.1) is 23.7 Å². The molecule has 5 rings (SSSR count). The maximum absolute atomic E-state index is 13.2. The van der Waals surface area contributed by atoms with Crippen LogP contribution >= 0.6 is 22.9 Å². The van der Waals surface area contributed by atoms with E-state index in [4.69, 9.17) is 35.5 Å². The summed E-state index contributed by atoms with van der Waals surface area (Å²) in [6.45, 7) is 13.4. The molecule has 0 spiro atoms.